The van der Waals surface area contributed by atoms with Crippen LogP contribution in [0.3, 0.4) is 0 Å². The fraction of sp³-hybridized carbons (Fsp3) is 0.667. The van der Waals surface area contributed by atoms with Gasteiger partial charge < -0.3 is 4.98 Å². The Morgan fingerprint density at radius 2 is 1.81 bits per heavy atom. The summed E-state index contributed by atoms with van der Waals surface area (Å²) in [6.45, 7) is 0. The third kappa shape index (κ3) is 1.83. The van der Waals surface area contributed by atoms with Crippen molar-refractivity contribution in [1.29, 1.82) is 0 Å². The van der Waals surface area contributed by atoms with E-state index in [-0.39, 0.29) is 5.56 Å². The van der Waals surface area contributed by atoms with Gasteiger partial charge in [0.2, 0.25) is 0 Å². The summed E-state index contributed by atoms with van der Waals surface area (Å²) in [6.07, 6.45) is 7.24. The second-order valence-electron chi connectivity index (χ2n) is 4.91. The molecule has 0 aliphatic heterocycles. The first-order chi connectivity index (χ1) is 7.75. The fourth-order valence-corrected chi connectivity index (χ4v) is 3.03. The molecule has 3 nitrogen and oxygen atoms in total. The molecule has 0 bridgehead atoms. The van der Waals surface area contributed by atoms with Gasteiger partial charge in [0.05, 0.1) is 5.69 Å². The largest absolute Gasteiger partial charge is 0.309 e. The van der Waals surface area contributed by atoms with Crippen molar-refractivity contribution in [2.24, 2.45) is 0 Å². The average molecular weight is 283 g/mol. The van der Waals surface area contributed by atoms with Crippen LogP contribution in [0.25, 0.3) is 0 Å². The van der Waals surface area contributed by atoms with Crippen molar-refractivity contribution in [1.82, 2.24) is 9.97 Å². The zero-order valence-corrected chi connectivity index (χ0v) is 10.7. The van der Waals surface area contributed by atoms with Crippen LogP contribution < -0.4 is 5.56 Å². The van der Waals surface area contributed by atoms with Crippen LogP contribution in [0.15, 0.2) is 9.27 Å². The van der Waals surface area contributed by atoms with Gasteiger partial charge in [0.1, 0.15) is 10.3 Å². The number of hydrogen-bond acceptors (Lipinski definition) is 2. The van der Waals surface area contributed by atoms with E-state index in [4.69, 9.17) is 0 Å². The number of nitrogens with one attached hydrogen (secondary N) is 1. The molecule has 1 aromatic heterocycles. The van der Waals surface area contributed by atoms with E-state index < -0.39 is 0 Å². The highest BCUT2D eigenvalue weighted by Gasteiger charge is 2.30. The van der Waals surface area contributed by atoms with E-state index in [1.807, 2.05) is 0 Å². The van der Waals surface area contributed by atoms with Crippen LogP contribution in [0.1, 0.15) is 61.9 Å². The zero-order chi connectivity index (χ0) is 11.1. The molecule has 0 unspecified atom stereocenters. The van der Waals surface area contributed by atoms with Crippen molar-refractivity contribution in [3.8, 4) is 0 Å². The van der Waals surface area contributed by atoms with Gasteiger partial charge in [0.25, 0.3) is 5.56 Å². The van der Waals surface area contributed by atoms with Crippen LogP contribution in [0.4, 0.5) is 0 Å². The van der Waals surface area contributed by atoms with Gasteiger partial charge in [-0.1, -0.05) is 12.8 Å². The van der Waals surface area contributed by atoms with E-state index in [1.165, 1.54) is 38.5 Å². The van der Waals surface area contributed by atoms with Gasteiger partial charge in [-0.25, -0.2) is 4.98 Å². The van der Waals surface area contributed by atoms with Crippen LogP contribution >= 0.6 is 15.9 Å². The molecule has 4 heteroatoms. The molecule has 86 valence electrons. The normalized spacial score (nSPS) is 21.6. The Morgan fingerprint density at radius 3 is 2.44 bits per heavy atom. The van der Waals surface area contributed by atoms with Gasteiger partial charge in [0.15, 0.2) is 0 Å². The quantitative estimate of drug-likeness (QED) is 0.906. The fourth-order valence-electron chi connectivity index (χ4n) is 2.51. The molecule has 0 radical (unpaired) electrons. The Labute approximate surface area is 103 Å². The van der Waals surface area contributed by atoms with Crippen LogP contribution in [0.2, 0.25) is 0 Å². The Kier molecular flexibility index (Phi) is 2.62. The molecule has 3 rings (SSSR count). The molecule has 0 saturated heterocycles. The van der Waals surface area contributed by atoms with Crippen LogP contribution in [0.5, 0.6) is 0 Å². The molecule has 0 atom stereocenters. The van der Waals surface area contributed by atoms with Crippen LogP contribution in [0, 0.1) is 0 Å². The summed E-state index contributed by atoms with van der Waals surface area (Å²) in [6, 6.07) is 0. The number of nitrogens with zero attached hydrogens (tertiary/aromatic N) is 1. The van der Waals surface area contributed by atoms with E-state index in [0.29, 0.717) is 16.3 Å². The summed E-state index contributed by atoms with van der Waals surface area (Å²) in [5.41, 5.74) is 0.990. The number of hydrogen-bond donors (Lipinski definition) is 1. The number of halogens is 1. The monoisotopic (exact) mass is 282 g/mol. The van der Waals surface area contributed by atoms with Gasteiger partial charge in [-0.05, 0) is 41.6 Å². The van der Waals surface area contributed by atoms with Gasteiger partial charge in [-0.3, -0.25) is 4.79 Å². The predicted molar refractivity (Wildman–Crippen MR) is 65.7 cm³/mol. The highest BCUT2D eigenvalue weighted by atomic mass is 79.9. The van der Waals surface area contributed by atoms with E-state index in [2.05, 4.69) is 25.9 Å². The van der Waals surface area contributed by atoms with Gasteiger partial charge >= 0.3 is 0 Å². The molecule has 0 spiro atoms. The average Bonchev–Trinajstić information content (AvgIpc) is 2.96. The first kappa shape index (κ1) is 10.5. The molecule has 16 heavy (non-hydrogen) atoms. The van der Waals surface area contributed by atoms with Gasteiger partial charge in [-0.2, -0.15) is 0 Å². The van der Waals surface area contributed by atoms with Crippen molar-refractivity contribution < 1.29 is 0 Å². The van der Waals surface area contributed by atoms with Gasteiger partial charge in [-0.15, -0.1) is 0 Å². The Balaban J connectivity index is 2.02. The Bertz CT molecular complexity index is 459. The molecular weight excluding hydrogens is 268 g/mol. The Morgan fingerprint density at radius 1 is 1.12 bits per heavy atom. The first-order valence-corrected chi connectivity index (χ1v) is 6.84. The van der Waals surface area contributed by atoms with Crippen molar-refractivity contribution >= 4 is 15.9 Å². The number of H-pyrrole nitrogens is 1. The van der Waals surface area contributed by atoms with Crippen LogP contribution in [-0.4, -0.2) is 9.97 Å². The molecular formula is C12H15BrN2O. The van der Waals surface area contributed by atoms with E-state index in [1.54, 1.807) is 0 Å². The Hall–Kier alpha value is -0.640. The third-order valence-electron chi connectivity index (χ3n) is 3.61. The summed E-state index contributed by atoms with van der Waals surface area (Å²) in [5.74, 6) is 1.93. The van der Waals surface area contributed by atoms with Crippen molar-refractivity contribution in [2.45, 2.75) is 50.4 Å². The lowest BCUT2D eigenvalue weighted by atomic mass is 10.1. The lowest BCUT2D eigenvalue weighted by molar-refractivity contribution is 0.654. The summed E-state index contributed by atoms with van der Waals surface area (Å²) in [5, 5.41) is 0. The minimum Gasteiger partial charge on any atom is -0.309 e. The van der Waals surface area contributed by atoms with Gasteiger partial charge in [0, 0.05) is 11.8 Å². The van der Waals surface area contributed by atoms with Crippen molar-refractivity contribution in [3.05, 3.63) is 26.3 Å². The lowest BCUT2D eigenvalue weighted by Gasteiger charge is -2.10. The smallest absolute Gasteiger partial charge is 0.265 e. The SMILES string of the molecule is O=c1[nH]c(C2CCCC2)nc(C2CC2)c1Br. The molecule has 1 aromatic rings. The highest BCUT2D eigenvalue weighted by Crippen LogP contribution is 2.42. The topological polar surface area (TPSA) is 45.8 Å². The van der Waals surface area contributed by atoms with Crippen molar-refractivity contribution in [2.75, 3.05) is 0 Å². The molecule has 2 saturated carbocycles. The number of aromatic nitrogens is 2. The minimum atomic E-state index is -0.00111. The predicted octanol–water partition coefficient (Wildman–Crippen LogP) is 3.07. The van der Waals surface area contributed by atoms with Crippen molar-refractivity contribution in [3.63, 3.8) is 0 Å². The van der Waals surface area contributed by atoms with E-state index in [9.17, 15) is 4.79 Å². The second kappa shape index (κ2) is 3.99. The first-order valence-electron chi connectivity index (χ1n) is 6.05. The molecule has 1 heterocycles. The second-order valence-corrected chi connectivity index (χ2v) is 5.70. The minimum absolute atomic E-state index is 0.00111. The number of rotatable bonds is 2. The number of aromatic amines is 1. The molecule has 2 aliphatic carbocycles. The summed E-state index contributed by atoms with van der Waals surface area (Å²) >= 11 is 3.36. The molecule has 0 aromatic carbocycles. The zero-order valence-electron chi connectivity index (χ0n) is 9.13. The highest BCUT2D eigenvalue weighted by molar-refractivity contribution is 9.10. The van der Waals surface area contributed by atoms with E-state index in [0.717, 1.165) is 11.5 Å². The molecule has 1 N–H and O–H groups in total. The molecule has 2 aliphatic rings. The molecule has 2 fully saturated rings. The maximum atomic E-state index is 11.8. The maximum Gasteiger partial charge on any atom is 0.265 e. The summed E-state index contributed by atoms with van der Waals surface area (Å²) < 4.78 is 0.650. The molecule has 0 amide bonds. The van der Waals surface area contributed by atoms with Crippen LogP contribution in [-0.2, 0) is 0 Å². The van der Waals surface area contributed by atoms with E-state index >= 15 is 0 Å². The lowest BCUT2D eigenvalue weighted by Crippen LogP contribution is -2.17. The maximum absolute atomic E-state index is 11.8. The summed E-state index contributed by atoms with van der Waals surface area (Å²) in [7, 11) is 0. The standard InChI is InChI=1S/C12H15BrN2O/c13-9-10(7-5-6-7)14-11(15-12(9)16)8-3-1-2-4-8/h7-8H,1-6H2,(H,14,15,16). The third-order valence-corrected chi connectivity index (χ3v) is 4.38. The summed E-state index contributed by atoms with van der Waals surface area (Å²) in [4.78, 5) is 19.4.